The van der Waals surface area contributed by atoms with Crippen LogP contribution in [-0.2, 0) is 4.74 Å². The number of ether oxygens (including phenoxy) is 1. The zero-order chi connectivity index (χ0) is 13.7. The van der Waals surface area contributed by atoms with Crippen LogP contribution in [0.1, 0.15) is 24.1 Å². The van der Waals surface area contributed by atoms with Gasteiger partial charge in [-0.05, 0) is 38.3 Å². The molecule has 0 unspecified atom stereocenters. The maximum Gasteiger partial charge on any atom is 0.320 e. The molecule has 1 saturated heterocycles. The van der Waals surface area contributed by atoms with Crippen molar-refractivity contribution in [1.29, 1.82) is 0 Å². The second kappa shape index (κ2) is 6.36. The molecule has 5 nitrogen and oxygen atoms in total. The van der Waals surface area contributed by atoms with Gasteiger partial charge in [0.25, 0.3) is 0 Å². The van der Waals surface area contributed by atoms with Crippen molar-refractivity contribution in [3.63, 3.8) is 0 Å². The molecular weight excluding hydrogens is 264 g/mol. The lowest BCUT2D eigenvalue weighted by Crippen LogP contribution is -2.53. The van der Waals surface area contributed by atoms with Crippen LogP contribution in [-0.4, -0.2) is 36.5 Å². The second-order valence-corrected chi connectivity index (χ2v) is 6.14. The highest BCUT2D eigenvalue weighted by atomic mass is 32.1. The Morgan fingerprint density at radius 1 is 1.47 bits per heavy atom. The molecule has 0 aromatic carbocycles. The van der Waals surface area contributed by atoms with Gasteiger partial charge in [0.05, 0.1) is 5.00 Å². The number of hydrogen-bond donors (Lipinski definition) is 3. The second-order valence-electron chi connectivity index (χ2n) is 4.86. The molecule has 1 aromatic rings. The van der Waals surface area contributed by atoms with Crippen molar-refractivity contribution in [3.05, 3.63) is 17.0 Å². The molecule has 106 valence electrons. The standard InChI is InChI=1S/C13H20N2O3S/c1-10-2-3-11(19-10)14-12(17)15-13(4-7-16)5-8-18-9-6-13/h2-3,16H,4-9H2,1H3,(H2,14,15,17). The smallest absolute Gasteiger partial charge is 0.320 e. The van der Waals surface area contributed by atoms with Gasteiger partial charge in [-0.1, -0.05) is 0 Å². The lowest BCUT2D eigenvalue weighted by molar-refractivity contribution is 0.0330. The molecule has 0 aliphatic carbocycles. The Labute approximate surface area is 117 Å². The molecule has 0 spiro atoms. The first-order valence-corrected chi connectivity index (χ1v) is 7.29. The van der Waals surface area contributed by atoms with E-state index in [-0.39, 0.29) is 18.2 Å². The summed E-state index contributed by atoms with van der Waals surface area (Å²) in [5.41, 5.74) is -0.344. The molecule has 2 amide bonds. The third kappa shape index (κ3) is 3.92. The van der Waals surface area contributed by atoms with Gasteiger partial charge in [0.15, 0.2) is 0 Å². The van der Waals surface area contributed by atoms with Gasteiger partial charge in [0.1, 0.15) is 0 Å². The molecule has 1 aromatic heterocycles. The Morgan fingerprint density at radius 2 is 2.21 bits per heavy atom. The highest BCUT2D eigenvalue weighted by Gasteiger charge is 2.33. The van der Waals surface area contributed by atoms with E-state index in [2.05, 4.69) is 10.6 Å². The minimum Gasteiger partial charge on any atom is -0.396 e. The summed E-state index contributed by atoms with van der Waals surface area (Å²) in [4.78, 5) is 13.2. The van der Waals surface area contributed by atoms with Crippen molar-refractivity contribution < 1.29 is 14.6 Å². The molecular formula is C13H20N2O3S. The lowest BCUT2D eigenvalue weighted by Gasteiger charge is -2.37. The molecule has 2 heterocycles. The molecule has 3 N–H and O–H groups in total. The third-order valence-electron chi connectivity index (χ3n) is 3.40. The summed E-state index contributed by atoms with van der Waals surface area (Å²) in [5, 5.41) is 15.9. The van der Waals surface area contributed by atoms with E-state index >= 15 is 0 Å². The van der Waals surface area contributed by atoms with Crippen molar-refractivity contribution in [2.75, 3.05) is 25.1 Å². The number of urea groups is 1. The number of carbonyl (C=O) groups is 1. The Hall–Kier alpha value is -1.11. The zero-order valence-electron chi connectivity index (χ0n) is 11.1. The van der Waals surface area contributed by atoms with E-state index in [0.29, 0.717) is 19.6 Å². The number of anilines is 1. The number of aliphatic hydroxyl groups excluding tert-OH is 1. The average Bonchev–Trinajstić information content (AvgIpc) is 2.75. The maximum absolute atomic E-state index is 12.0. The van der Waals surface area contributed by atoms with E-state index in [1.807, 2.05) is 19.1 Å². The van der Waals surface area contributed by atoms with E-state index < -0.39 is 0 Å². The van der Waals surface area contributed by atoms with Gasteiger partial charge in [-0.3, -0.25) is 5.32 Å². The van der Waals surface area contributed by atoms with Gasteiger partial charge < -0.3 is 15.2 Å². The first-order valence-electron chi connectivity index (χ1n) is 6.48. The third-order valence-corrected chi connectivity index (χ3v) is 4.31. The summed E-state index contributed by atoms with van der Waals surface area (Å²) in [6.07, 6.45) is 2.04. The van der Waals surface area contributed by atoms with E-state index in [0.717, 1.165) is 22.7 Å². The Morgan fingerprint density at radius 3 is 2.79 bits per heavy atom. The number of rotatable bonds is 4. The van der Waals surface area contributed by atoms with Crippen LogP contribution in [0.15, 0.2) is 12.1 Å². The van der Waals surface area contributed by atoms with Crippen LogP contribution in [0.2, 0.25) is 0 Å². The maximum atomic E-state index is 12.0. The van der Waals surface area contributed by atoms with E-state index in [4.69, 9.17) is 4.74 Å². The number of aliphatic hydroxyl groups is 1. The number of thiophene rings is 1. The van der Waals surface area contributed by atoms with Crippen molar-refractivity contribution in [2.24, 2.45) is 0 Å². The monoisotopic (exact) mass is 284 g/mol. The normalized spacial score (nSPS) is 18.0. The summed E-state index contributed by atoms with van der Waals surface area (Å²) in [7, 11) is 0. The van der Waals surface area contributed by atoms with Crippen LogP contribution in [0.4, 0.5) is 9.80 Å². The largest absolute Gasteiger partial charge is 0.396 e. The predicted octanol–water partition coefficient (Wildman–Crippen LogP) is 2.11. The number of hydrogen-bond acceptors (Lipinski definition) is 4. The number of amides is 2. The van der Waals surface area contributed by atoms with E-state index in [9.17, 15) is 9.90 Å². The summed E-state index contributed by atoms with van der Waals surface area (Å²) < 4.78 is 5.32. The molecule has 1 aliphatic heterocycles. The summed E-state index contributed by atoms with van der Waals surface area (Å²) >= 11 is 1.54. The van der Waals surface area contributed by atoms with Gasteiger partial charge in [-0.15, -0.1) is 11.3 Å². The van der Waals surface area contributed by atoms with Crippen molar-refractivity contribution in [3.8, 4) is 0 Å². The summed E-state index contributed by atoms with van der Waals surface area (Å²) in [5.74, 6) is 0. The molecule has 0 radical (unpaired) electrons. The number of carbonyl (C=O) groups excluding carboxylic acids is 1. The molecule has 0 saturated carbocycles. The fraction of sp³-hybridized carbons (Fsp3) is 0.615. The van der Waals surface area contributed by atoms with E-state index in [1.165, 1.54) is 0 Å². The van der Waals surface area contributed by atoms with E-state index in [1.54, 1.807) is 11.3 Å². The van der Waals surface area contributed by atoms with Crippen LogP contribution in [0.5, 0.6) is 0 Å². The molecule has 0 atom stereocenters. The van der Waals surface area contributed by atoms with Crippen LogP contribution in [0, 0.1) is 6.92 Å². The SMILES string of the molecule is Cc1ccc(NC(=O)NC2(CCO)CCOCC2)s1. The Kier molecular flexibility index (Phi) is 4.79. The van der Waals surface area contributed by atoms with Gasteiger partial charge >= 0.3 is 6.03 Å². The highest BCUT2D eigenvalue weighted by Crippen LogP contribution is 2.25. The molecule has 0 bridgehead atoms. The first kappa shape index (κ1) is 14.3. The van der Waals surface area contributed by atoms with Gasteiger partial charge in [0.2, 0.25) is 0 Å². The van der Waals surface area contributed by atoms with Gasteiger partial charge in [-0.2, -0.15) is 0 Å². The lowest BCUT2D eigenvalue weighted by atomic mass is 9.87. The van der Waals surface area contributed by atoms with Gasteiger partial charge in [-0.25, -0.2) is 4.79 Å². The van der Waals surface area contributed by atoms with Crippen molar-refractivity contribution in [1.82, 2.24) is 5.32 Å². The van der Waals surface area contributed by atoms with Crippen LogP contribution >= 0.6 is 11.3 Å². The van der Waals surface area contributed by atoms with Crippen LogP contribution in [0.3, 0.4) is 0 Å². The molecule has 1 aliphatic rings. The van der Waals surface area contributed by atoms with Gasteiger partial charge in [0, 0.05) is 30.2 Å². The molecule has 1 fully saturated rings. The van der Waals surface area contributed by atoms with Crippen molar-refractivity contribution >= 4 is 22.4 Å². The fourth-order valence-electron chi connectivity index (χ4n) is 2.30. The molecule has 19 heavy (non-hydrogen) atoms. The van der Waals surface area contributed by atoms with Crippen LogP contribution < -0.4 is 10.6 Å². The first-order chi connectivity index (χ1) is 9.13. The number of aryl methyl sites for hydroxylation is 1. The average molecular weight is 284 g/mol. The molecule has 6 heteroatoms. The predicted molar refractivity (Wildman–Crippen MR) is 75.7 cm³/mol. The Bertz CT molecular complexity index is 422. The Balaban J connectivity index is 1.94. The van der Waals surface area contributed by atoms with Crippen LogP contribution in [0.25, 0.3) is 0 Å². The summed E-state index contributed by atoms with van der Waals surface area (Å²) in [6.45, 7) is 3.31. The fourth-order valence-corrected chi connectivity index (χ4v) is 3.06. The van der Waals surface area contributed by atoms with Crippen molar-refractivity contribution in [2.45, 2.75) is 31.7 Å². The quantitative estimate of drug-likeness (QED) is 0.793. The zero-order valence-corrected chi connectivity index (χ0v) is 11.9. The minimum atomic E-state index is -0.344. The topological polar surface area (TPSA) is 70.6 Å². The minimum absolute atomic E-state index is 0.0678. The molecule has 2 rings (SSSR count). The summed E-state index contributed by atoms with van der Waals surface area (Å²) in [6, 6.07) is 3.65. The highest BCUT2D eigenvalue weighted by molar-refractivity contribution is 7.16. The number of nitrogens with one attached hydrogen (secondary N) is 2.